The van der Waals surface area contributed by atoms with Crippen LogP contribution in [-0.2, 0) is 4.79 Å². The molecular weight excluding hydrogens is 280 g/mol. The summed E-state index contributed by atoms with van der Waals surface area (Å²) in [5.74, 6) is -0.325. The van der Waals surface area contributed by atoms with Gasteiger partial charge in [-0.1, -0.05) is 13.0 Å². The lowest BCUT2D eigenvalue weighted by atomic mass is 10.0. The Bertz CT molecular complexity index is 486. The van der Waals surface area contributed by atoms with E-state index < -0.39 is 0 Å². The topological polar surface area (TPSA) is 74.3 Å². The lowest BCUT2D eigenvalue weighted by molar-refractivity contribution is -0.133. The minimum absolute atomic E-state index is 0.0157. The van der Waals surface area contributed by atoms with Gasteiger partial charge in [0.2, 0.25) is 5.91 Å². The van der Waals surface area contributed by atoms with Crippen molar-refractivity contribution in [1.82, 2.24) is 20.5 Å². The molecule has 2 amide bonds. The van der Waals surface area contributed by atoms with Crippen LogP contribution in [0.4, 0.5) is 0 Å². The standard InChI is InChI=1S/C16H24N4O2/c1-2-11-20(13-6-9-17-10-7-13)15(21)12-19-16(22)14-5-3-4-8-18-14/h3-5,8,13,17H,2,6-7,9-12H2,1H3,(H,19,22). The van der Waals surface area contributed by atoms with Gasteiger partial charge in [0.1, 0.15) is 5.69 Å². The number of nitrogens with one attached hydrogen (secondary N) is 2. The van der Waals surface area contributed by atoms with E-state index in [2.05, 4.69) is 22.5 Å². The number of aromatic nitrogens is 1. The van der Waals surface area contributed by atoms with E-state index in [9.17, 15) is 9.59 Å². The second-order valence-electron chi connectivity index (χ2n) is 5.47. The van der Waals surface area contributed by atoms with Crippen molar-refractivity contribution in [3.05, 3.63) is 30.1 Å². The highest BCUT2D eigenvalue weighted by Crippen LogP contribution is 2.12. The Morgan fingerprint density at radius 1 is 1.36 bits per heavy atom. The molecule has 6 heteroatoms. The minimum atomic E-state index is -0.310. The summed E-state index contributed by atoms with van der Waals surface area (Å²) in [7, 11) is 0. The zero-order valence-corrected chi connectivity index (χ0v) is 13.0. The van der Waals surface area contributed by atoms with Crippen molar-refractivity contribution in [3.63, 3.8) is 0 Å². The number of carbonyl (C=O) groups is 2. The van der Waals surface area contributed by atoms with E-state index in [0.717, 1.165) is 38.9 Å². The molecule has 2 rings (SSSR count). The first kappa shape index (κ1) is 16.4. The average Bonchev–Trinajstić information content (AvgIpc) is 2.58. The zero-order chi connectivity index (χ0) is 15.8. The molecule has 1 fully saturated rings. The van der Waals surface area contributed by atoms with Gasteiger partial charge in [0.25, 0.3) is 5.91 Å². The van der Waals surface area contributed by atoms with Gasteiger partial charge in [-0.05, 0) is 44.5 Å². The SMILES string of the molecule is CCCN(C(=O)CNC(=O)c1ccccn1)C1CCNCC1. The van der Waals surface area contributed by atoms with Crippen LogP contribution >= 0.6 is 0 Å². The predicted octanol–water partition coefficient (Wildman–Crippen LogP) is 0.802. The van der Waals surface area contributed by atoms with Gasteiger partial charge in [-0.15, -0.1) is 0 Å². The quantitative estimate of drug-likeness (QED) is 0.815. The second-order valence-corrected chi connectivity index (χ2v) is 5.47. The van der Waals surface area contributed by atoms with Crippen LogP contribution in [0.1, 0.15) is 36.7 Å². The largest absolute Gasteiger partial charge is 0.342 e. The van der Waals surface area contributed by atoms with Gasteiger partial charge in [-0.3, -0.25) is 14.6 Å². The van der Waals surface area contributed by atoms with Crippen molar-refractivity contribution in [1.29, 1.82) is 0 Å². The van der Waals surface area contributed by atoms with Gasteiger partial charge in [-0.25, -0.2) is 0 Å². The smallest absolute Gasteiger partial charge is 0.270 e. The van der Waals surface area contributed by atoms with Crippen LogP contribution in [-0.4, -0.2) is 53.9 Å². The number of nitrogens with zero attached hydrogens (tertiary/aromatic N) is 2. The first-order valence-electron chi connectivity index (χ1n) is 7.91. The number of carbonyl (C=O) groups excluding carboxylic acids is 2. The van der Waals surface area contributed by atoms with Crippen molar-refractivity contribution >= 4 is 11.8 Å². The molecule has 1 saturated heterocycles. The van der Waals surface area contributed by atoms with Gasteiger partial charge in [0.05, 0.1) is 6.54 Å². The molecule has 1 aliphatic heterocycles. The Morgan fingerprint density at radius 3 is 2.77 bits per heavy atom. The highest BCUT2D eigenvalue weighted by atomic mass is 16.2. The molecule has 0 saturated carbocycles. The molecule has 0 unspecified atom stereocenters. The third kappa shape index (κ3) is 4.53. The molecule has 1 aromatic rings. The van der Waals surface area contributed by atoms with Crippen LogP contribution in [0.2, 0.25) is 0 Å². The number of hydrogen-bond acceptors (Lipinski definition) is 4. The van der Waals surface area contributed by atoms with Crippen LogP contribution in [0.25, 0.3) is 0 Å². The van der Waals surface area contributed by atoms with Gasteiger partial charge in [0, 0.05) is 18.8 Å². The summed E-state index contributed by atoms with van der Waals surface area (Å²) in [6, 6.07) is 5.42. The fourth-order valence-corrected chi connectivity index (χ4v) is 2.72. The van der Waals surface area contributed by atoms with Crippen molar-refractivity contribution < 1.29 is 9.59 Å². The molecule has 0 aromatic carbocycles. The third-order valence-corrected chi connectivity index (χ3v) is 3.83. The number of amides is 2. The summed E-state index contributed by atoms with van der Waals surface area (Å²) in [6.07, 6.45) is 4.43. The maximum atomic E-state index is 12.4. The fourth-order valence-electron chi connectivity index (χ4n) is 2.72. The first-order valence-corrected chi connectivity index (χ1v) is 7.91. The summed E-state index contributed by atoms with van der Waals surface area (Å²) in [4.78, 5) is 30.3. The van der Waals surface area contributed by atoms with E-state index in [-0.39, 0.29) is 24.4 Å². The van der Waals surface area contributed by atoms with Gasteiger partial charge in [-0.2, -0.15) is 0 Å². The Kier molecular flexibility index (Phi) is 6.33. The Balaban J connectivity index is 1.89. The van der Waals surface area contributed by atoms with Gasteiger partial charge >= 0.3 is 0 Å². The van der Waals surface area contributed by atoms with E-state index in [4.69, 9.17) is 0 Å². The summed E-state index contributed by atoms with van der Waals surface area (Å²) in [6.45, 7) is 4.72. The predicted molar refractivity (Wildman–Crippen MR) is 84.5 cm³/mol. The Hall–Kier alpha value is -1.95. The van der Waals surface area contributed by atoms with E-state index in [0.29, 0.717) is 5.69 Å². The van der Waals surface area contributed by atoms with Crippen molar-refractivity contribution in [2.45, 2.75) is 32.2 Å². The van der Waals surface area contributed by atoms with Crippen LogP contribution in [0.15, 0.2) is 24.4 Å². The van der Waals surface area contributed by atoms with E-state index in [1.807, 2.05) is 4.90 Å². The summed E-state index contributed by atoms with van der Waals surface area (Å²) in [5.41, 5.74) is 0.333. The molecule has 0 spiro atoms. The van der Waals surface area contributed by atoms with Crippen molar-refractivity contribution in [3.8, 4) is 0 Å². The molecule has 0 aliphatic carbocycles. The zero-order valence-electron chi connectivity index (χ0n) is 13.0. The monoisotopic (exact) mass is 304 g/mol. The van der Waals surface area contributed by atoms with Crippen molar-refractivity contribution in [2.75, 3.05) is 26.2 Å². The summed E-state index contributed by atoms with van der Waals surface area (Å²) in [5, 5.41) is 5.97. The van der Waals surface area contributed by atoms with Crippen LogP contribution in [0.3, 0.4) is 0 Å². The molecule has 2 N–H and O–H groups in total. The molecule has 1 aliphatic rings. The highest BCUT2D eigenvalue weighted by molar-refractivity contribution is 5.94. The molecule has 22 heavy (non-hydrogen) atoms. The molecule has 1 aromatic heterocycles. The Labute approximate surface area is 131 Å². The molecule has 0 bridgehead atoms. The normalized spacial score (nSPS) is 15.3. The lowest BCUT2D eigenvalue weighted by Gasteiger charge is -2.34. The molecular formula is C16H24N4O2. The molecule has 6 nitrogen and oxygen atoms in total. The van der Waals surface area contributed by atoms with Gasteiger partial charge < -0.3 is 15.5 Å². The van der Waals surface area contributed by atoms with Crippen LogP contribution < -0.4 is 10.6 Å². The van der Waals surface area contributed by atoms with E-state index in [1.165, 1.54) is 0 Å². The van der Waals surface area contributed by atoms with Gasteiger partial charge in [0.15, 0.2) is 0 Å². The fraction of sp³-hybridized carbons (Fsp3) is 0.562. The number of hydrogen-bond donors (Lipinski definition) is 2. The molecule has 0 radical (unpaired) electrons. The minimum Gasteiger partial charge on any atom is -0.342 e. The van der Waals surface area contributed by atoms with Crippen molar-refractivity contribution in [2.24, 2.45) is 0 Å². The number of piperidine rings is 1. The average molecular weight is 304 g/mol. The number of pyridine rings is 1. The first-order chi connectivity index (χ1) is 10.7. The highest BCUT2D eigenvalue weighted by Gasteiger charge is 2.24. The molecule has 0 atom stereocenters. The summed E-state index contributed by atoms with van der Waals surface area (Å²) >= 11 is 0. The van der Waals surface area contributed by atoms with Crippen LogP contribution in [0, 0.1) is 0 Å². The van der Waals surface area contributed by atoms with E-state index in [1.54, 1.807) is 24.4 Å². The summed E-state index contributed by atoms with van der Waals surface area (Å²) < 4.78 is 0. The maximum Gasteiger partial charge on any atom is 0.270 e. The molecule has 120 valence electrons. The maximum absolute atomic E-state index is 12.4. The Morgan fingerprint density at radius 2 is 2.14 bits per heavy atom. The molecule has 2 heterocycles. The second kappa shape index (κ2) is 8.48. The van der Waals surface area contributed by atoms with Crippen LogP contribution in [0.5, 0.6) is 0 Å². The lowest BCUT2D eigenvalue weighted by Crippen LogP contribution is -2.49. The third-order valence-electron chi connectivity index (χ3n) is 3.83. The van der Waals surface area contributed by atoms with E-state index >= 15 is 0 Å². The number of rotatable bonds is 6.